The first-order chi connectivity index (χ1) is 7.95. The van der Waals surface area contributed by atoms with E-state index in [1.807, 2.05) is 0 Å². The van der Waals surface area contributed by atoms with Gasteiger partial charge in [-0.25, -0.2) is 0 Å². The van der Waals surface area contributed by atoms with Crippen LogP contribution in [0.15, 0.2) is 0 Å². The highest BCUT2D eigenvalue weighted by molar-refractivity contribution is 5.29. The molecule has 0 aromatic rings. The zero-order valence-electron chi connectivity index (χ0n) is 12.3. The first-order valence-corrected chi connectivity index (χ1v) is 7.45. The molecule has 0 radical (unpaired) electrons. The van der Waals surface area contributed by atoms with Crippen molar-refractivity contribution in [2.45, 2.75) is 66.7 Å². The predicted molar refractivity (Wildman–Crippen MR) is 74.6 cm³/mol. The molecule has 2 aliphatic carbocycles. The first-order valence-electron chi connectivity index (χ1n) is 7.45. The van der Waals surface area contributed by atoms with Crippen molar-refractivity contribution in [3.8, 4) is 11.8 Å². The lowest BCUT2D eigenvalue weighted by Crippen LogP contribution is -2.40. The molecule has 2 aliphatic rings. The molecule has 0 heterocycles. The normalized spacial score (nSPS) is 40.7. The highest BCUT2D eigenvalue weighted by Gasteiger charge is 2.70. The second kappa shape index (κ2) is 4.34. The largest absolute Gasteiger partial charge is 0.103 e. The van der Waals surface area contributed by atoms with E-state index < -0.39 is 0 Å². The average Bonchev–Trinajstić information content (AvgIpc) is 3.01. The Labute approximate surface area is 108 Å². The van der Waals surface area contributed by atoms with E-state index in [0.717, 1.165) is 24.2 Å². The second-order valence-corrected chi connectivity index (χ2v) is 7.06. The summed E-state index contributed by atoms with van der Waals surface area (Å²) < 4.78 is 0. The van der Waals surface area contributed by atoms with E-state index in [0.29, 0.717) is 10.8 Å². The quantitative estimate of drug-likeness (QED) is 0.608. The highest BCUT2D eigenvalue weighted by Crippen LogP contribution is 2.76. The van der Waals surface area contributed by atoms with E-state index in [2.05, 4.69) is 46.5 Å². The monoisotopic (exact) mass is 232 g/mol. The molecule has 0 aromatic heterocycles. The molecule has 0 saturated heterocycles. The van der Waals surface area contributed by atoms with Gasteiger partial charge in [0, 0.05) is 11.8 Å². The lowest BCUT2D eigenvalue weighted by Gasteiger charge is -2.46. The molecule has 4 atom stereocenters. The van der Waals surface area contributed by atoms with Crippen LogP contribution in [-0.2, 0) is 0 Å². The average molecular weight is 232 g/mol. The molecule has 0 aromatic carbocycles. The van der Waals surface area contributed by atoms with Gasteiger partial charge in [-0.1, -0.05) is 33.6 Å². The van der Waals surface area contributed by atoms with Crippen molar-refractivity contribution in [1.29, 1.82) is 0 Å². The fourth-order valence-corrected chi connectivity index (χ4v) is 4.20. The van der Waals surface area contributed by atoms with Crippen LogP contribution in [0.25, 0.3) is 0 Å². The lowest BCUT2D eigenvalue weighted by molar-refractivity contribution is 0.0600. The molecule has 0 nitrogen and oxygen atoms in total. The molecular formula is C17H28. The number of rotatable bonds is 3. The Morgan fingerprint density at radius 3 is 2.41 bits per heavy atom. The maximum absolute atomic E-state index is 3.59. The molecule has 2 fully saturated rings. The van der Waals surface area contributed by atoms with Crippen molar-refractivity contribution < 1.29 is 0 Å². The fourth-order valence-electron chi connectivity index (χ4n) is 4.20. The maximum atomic E-state index is 3.59. The van der Waals surface area contributed by atoms with Crippen LogP contribution in [0.4, 0.5) is 0 Å². The number of hydrogen-bond donors (Lipinski definition) is 0. The van der Waals surface area contributed by atoms with Gasteiger partial charge in [0.25, 0.3) is 0 Å². The Balaban J connectivity index is 2.00. The molecular weight excluding hydrogens is 204 g/mol. The molecule has 17 heavy (non-hydrogen) atoms. The molecule has 0 bridgehead atoms. The van der Waals surface area contributed by atoms with E-state index in [1.165, 1.54) is 25.7 Å². The molecule has 0 N–H and O–H groups in total. The van der Waals surface area contributed by atoms with Gasteiger partial charge in [0.2, 0.25) is 0 Å². The van der Waals surface area contributed by atoms with Crippen molar-refractivity contribution >= 4 is 0 Å². The summed E-state index contributed by atoms with van der Waals surface area (Å²) in [6, 6.07) is 0. The zero-order valence-corrected chi connectivity index (χ0v) is 12.3. The Morgan fingerprint density at radius 2 is 1.94 bits per heavy atom. The van der Waals surface area contributed by atoms with Gasteiger partial charge in [0.1, 0.15) is 0 Å². The number of hydrogen-bond acceptors (Lipinski definition) is 0. The molecule has 0 amide bonds. The van der Waals surface area contributed by atoms with Gasteiger partial charge in [-0.2, -0.15) is 0 Å². The van der Waals surface area contributed by atoms with Gasteiger partial charge < -0.3 is 0 Å². The first kappa shape index (κ1) is 13.0. The van der Waals surface area contributed by atoms with Crippen LogP contribution >= 0.6 is 0 Å². The van der Waals surface area contributed by atoms with E-state index in [4.69, 9.17) is 0 Å². The standard InChI is InChI=1S/C17H28/c1-6-7-8-16(5)9-10-17(16)12-15(17)14(4)11-13(2)3/h13-15H,6,9-12H2,1-5H3. The van der Waals surface area contributed by atoms with Gasteiger partial charge in [-0.15, -0.1) is 5.92 Å². The van der Waals surface area contributed by atoms with Crippen molar-refractivity contribution in [2.24, 2.45) is 28.6 Å². The summed E-state index contributed by atoms with van der Waals surface area (Å²) in [6.45, 7) is 11.7. The van der Waals surface area contributed by atoms with Crippen molar-refractivity contribution in [2.75, 3.05) is 0 Å². The second-order valence-electron chi connectivity index (χ2n) is 7.06. The van der Waals surface area contributed by atoms with Gasteiger partial charge in [-0.05, 0) is 55.8 Å². The van der Waals surface area contributed by atoms with E-state index >= 15 is 0 Å². The molecule has 2 saturated carbocycles. The summed E-state index contributed by atoms with van der Waals surface area (Å²) in [5.74, 6) is 9.63. The minimum absolute atomic E-state index is 0.360. The zero-order chi connectivity index (χ0) is 12.7. The topological polar surface area (TPSA) is 0 Å². The third-order valence-corrected chi connectivity index (χ3v) is 5.37. The summed E-state index contributed by atoms with van der Waals surface area (Å²) >= 11 is 0. The summed E-state index contributed by atoms with van der Waals surface area (Å²) in [5.41, 5.74) is 0.988. The fraction of sp³-hybridized carbons (Fsp3) is 0.882. The Kier molecular flexibility index (Phi) is 3.32. The Bertz CT molecular complexity index is 343. The van der Waals surface area contributed by atoms with Crippen LogP contribution < -0.4 is 0 Å². The van der Waals surface area contributed by atoms with Gasteiger partial charge >= 0.3 is 0 Å². The minimum atomic E-state index is 0.360. The molecule has 4 unspecified atom stereocenters. The molecule has 2 rings (SSSR count). The van der Waals surface area contributed by atoms with Gasteiger partial charge in [-0.3, -0.25) is 0 Å². The van der Waals surface area contributed by atoms with Crippen LogP contribution in [-0.4, -0.2) is 0 Å². The highest BCUT2D eigenvalue weighted by atomic mass is 14.7. The lowest BCUT2D eigenvalue weighted by atomic mass is 9.56. The molecule has 0 heteroatoms. The minimum Gasteiger partial charge on any atom is -0.103 e. The van der Waals surface area contributed by atoms with Crippen LogP contribution in [0.3, 0.4) is 0 Å². The van der Waals surface area contributed by atoms with Gasteiger partial charge in [0.05, 0.1) is 0 Å². The van der Waals surface area contributed by atoms with Gasteiger partial charge in [0.15, 0.2) is 0 Å². The third-order valence-electron chi connectivity index (χ3n) is 5.37. The van der Waals surface area contributed by atoms with E-state index in [-0.39, 0.29) is 0 Å². The van der Waals surface area contributed by atoms with Crippen LogP contribution in [0, 0.1) is 40.4 Å². The predicted octanol–water partition coefficient (Wildman–Crippen LogP) is 4.89. The van der Waals surface area contributed by atoms with Crippen molar-refractivity contribution in [3.05, 3.63) is 0 Å². The smallest absolute Gasteiger partial charge is 0.0345 e. The molecule has 1 spiro atoms. The Hall–Kier alpha value is -0.440. The Morgan fingerprint density at radius 1 is 1.24 bits per heavy atom. The van der Waals surface area contributed by atoms with E-state index in [1.54, 1.807) is 0 Å². The van der Waals surface area contributed by atoms with Crippen LogP contribution in [0.5, 0.6) is 0 Å². The SMILES string of the molecule is CCC#CC1(C)CCC12CC2C(C)CC(C)C. The summed E-state index contributed by atoms with van der Waals surface area (Å²) in [6.07, 6.45) is 6.64. The van der Waals surface area contributed by atoms with E-state index in [9.17, 15) is 0 Å². The molecule has 0 aliphatic heterocycles. The maximum Gasteiger partial charge on any atom is 0.0345 e. The third kappa shape index (κ3) is 2.03. The van der Waals surface area contributed by atoms with Crippen LogP contribution in [0.1, 0.15) is 66.7 Å². The summed E-state index contributed by atoms with van der Waals surface area (Å²) in [4.78, 5) is 0. The van der Waals surface area contributed by atoms with Crippen LogP contribution in [0.2, 0.25) is 0 Å². The summed E-state index contributed by atoms with van der Waals surface area (Å²) in [7, 11) is 0. The summed E-state index contributed by atoms with van der Waals surface area (Å²) in [5, 5.41) is 0. The van der Waals surface area contributed by atoms with Crippen molar-refractivity contribution in [1.82, 2.24) is 0 Å². The van der Waals surface area contributed by atoms with Crippen molar-refractivity contribution in [3.63, 3.8) is 0 Å². The molecule has 96 valence electrons.